The van der Waals surface area contributed by atoms with E-state index in [0.717, 1.165) is 0 Å². The van der Waals surface area contributed by atoms with E-state index in [1.54, 1.807) is 0 Å². The van der Waals surface area contributed by atoms with Crippen molar-refractivity contribution in [2.24, 2.45) is 0 Å². The Morgan fingerprint density at radius 2 is 1.60 bits per heavy atom. The van der Waals surface area contributed by atoms with E-state index in [0.29, 0.717) is 0 Å². The number of carboxylic acid groups (broad SMARTS) is 1. The van der Waals surface area contributed by atoms with Crippen molar-refractivity contribution in [1.29, 1.82) is 0 Å². The Morgan fingerprint density at radius 3 is 2.07 bits per heavy atom. The number of aliphatic carboxylic acids is 1. The highest BCUT2D eigenvalue weighted by Gasteiger charge is 2.43. The summed E-state index contributed by atoms with van der Waals surface area (Å²) in [5.74, 6) is -1.20. The highest BCUT2D eigenvalue weighted by Crippen LogP contribution is 2.22. The van der Waals surface area contributed by atoms with Crippen LogP contribution in [0.1, 0.15) is 6.42 Å². The minimum Gasteiger partial charge on any atom is -0.481 e. The first-order chi connectivity index (χ1) is 6.97. The van der Waals surface area contributed by atoms with Crippen LogP contribution < -0.4 is 0 Å². The van der Waals surface area contributed by atoms with E-state index in [-0.39, 0.29) is 0 Å². The lowest BCUT2D eigenvalue weighted by atomic mass is 9.94. The molecule has 1 unspecified atom stereocenters. The van der Waals surface area contributed by atoms with Crippen molar-refractivity contribution in [3.63, 3.8) is 0 Å². The van der Waals surface area contributed by atoms with Gasteiger partial charge in [0, 0.05) is 0 Å². The van der Waals surface area contributed by atoms with Crippen LogP contribution in [0, 0.1) is 0 Å². The summed E-state index contributed by atoms with van der Waals surface area (Å²) in [6, 6.07) is 0. The van der Waals surface area contributed by atoms with Crippen molar-refractivity contribution >= 4 is 5.97 Å². The monoisotopic (exact) mass is 222 g/mol. The maximum absolute atomic E-state index is 10.4. The Kier molecular flexibility index (Phi) is 4.00. The maximum atomic E-state index is 10.4. The molecule has 1 aliphatic heterocycles. The molecule has 15 heavy (non-hydrogen) atoms. The largest absolute Gasteiger partial charge is 0.481 e. The number of aliphatic hydroxyl groups excluding tert-OH is 4. The minimum absolute atomic E-state index is 0.499. The molecule has 0 amide bonds. The average Bonchev–Trinajstić information content (AvgIpc) is 2.18. The van der Waals surface area contributed by atoms with Gasteiger partial charge in [-0.1, -0.05) is 0 Å². The number of aliphatic hydroxyl groups is 4. The first kappa shape index (κ1) is 12.3. The third-order valence-corrected chi connectivity index (χ3v) is 2.37. The second-order valence-electron chi connectivity index (χ2n) is 3.47. The molecular formula is C8H14O7. The summed E-state index contributed by atoms with van der Waals surface area (Å²) in [7, 11) is 0. The molecule has 1 fully saturated rings. The highest BCUT2D eigenvalue weighted by atomic mass is 16.5. The summed E-state index contributed by atoms with van der Waals surface area (Å²) in [5.41, 5.74) is 0. The summed E-state index contributed by atoms with van der Waals surface area (Å²) < 4.78 is 4.95. The zero-order chi connectivity index (χ0) is 11.6. The molecule has 88 valence electrons. The van der Waals surface area contributed by atoms with Crippen molar-refractivity contribution in [1.82, 2.24) is 0 Å². The van der Waals surface area contributed by atoms with Crippen LogP contribution in [-0.4, -0.2) is 68.6 Å². The van der Waals surface area contributed by atoms with Gasteiger partial charge in [0.2, 0.25) is 0 Å². The standard InChI is InChI=1S/C8H14O7/c9-2-4-7(13)8(14)6(12)3(15-4)1-5(10)11/h3-4,6-9,12-14H,1-2H2,(H,10,11)/t3?,4-,6-,7-,8-/m1/s1. The number of rotatable bonds is 3. The fraction of sp³-hybridized carbons (Fsp3) is 0.875. The number of hydrogen-bond donors (Lipinski definition) is 5. The van der Waals surface area contributed by atoms with E-state index in [2.05, 4.69) is 0 Å². The zero-order valence-corrected chi connectivity index (χ0v) is 7.85. The van der Waals surface area contributed by atoms with Gasteiger partial charge in [-0.2, -0.15) is 0 Å². The quantitative estimate of drug-likeness (QED) is 0.351. The van der Waals surface area contributed by atoms with Gasteiger partial charge in [0.1, 0.15) is 24.4 Å². The Balaban J connectivity index is 2.69. The van der Waals surface area contributed by atoms with E-state index in [1.165, 1.54) is 0 Å². The second kappa shape index (κ2) is 4.86. The molecule has 0 bridgehead atoms. The maximum Gasteiger partial charge on any atom is 0.306 e. The molecule has 7 heteroatoms. The van der Waals surface area contributed by atoms with Crippen molar-refractivity contribution in [3.05, 3.63) is 0 Å². The van der Waals surface area contributed by atoms with Gasteiger partial charge in [-0.15, -0.1) is 0 Å². The molecule has 0 aromatic rings. The van der Waals surface area contributed by atoms with Crippen LogP contribution in [0.25, 0.3) is 0 Å². The van der Waals surface area contributed by atoms with Crippen LogP contribution in [0.15, 0.2) is 0 Å². The summed E-state index contributed by atoms with van der Waals surface area (Å²) >= 11 is 0. The SMILES string of the molecule is O=C(O)CC1O[C@H](CO)[C@@H](O)[C@H](O)[C@@H]1O. The fourth-order valence-electron chi connectivity index (χ4n) is 1.52. The van der Waals surface area contributed by atoms with Crippen LogP contribution in [0.2, 0.25) is 0 Å². The highest BCUT2D eigenvalue weighted by molar-refractivity contribution is 5.67. The molecule has 0 saturated carbocycles. The molecule has 0 aliphatic carbocycles. The smallest absolute Gasteiger partial charge is 0.306 e. The molecule has 7 nitrogen and oxygen atoms in total. The number of ether oxygens (including phenoxy) is 1. The topological polar surface area (TPSA) is 127 Å². The van der Waals surface area contributed by atoms with Crippen molar-refractivity contribution in [2.45, 2.75) is 36.9 Å². The molecule has 0 radical (unpaired) electrons. The second-order valence-corrected chi connectivity index (χ2v) is 3.47. The predicted octanol–water partition coefficient (Wildman–Crippen LogP) is -2.70. The van der Waals surface area contributed by atoms with E-state index < -0.39 is 49.5 Å². The Bertz CT molecular complexity index is 229. The number of carboxylic acids is 1. The van der Waals surface area contributed by atoms with E-state index in [9.17, 15) is 20.1 Å². The van der Waals surface area contributed by atoms with Gasteiger partial charge >= 0.3 is 5.97 Å². The van der Waals surface area contributed by atoms with Gasteiger partial charge in [0.25, 0.3) is 0 Å². The van der Waals surface area contributed by atoms with Crippen LogP contribution in [0.4, 0.5) is 0 Å². The van der Waals surface area contributed by atoms with Gasteiger partial charge in [-0.05, 0) is 0 Å². The van der Waals surface area contributed by atoms with Gasteiger partial charge < -0.3 is 30.3 Å². The van der Waals surface area contributed by atoms with Crippen LogP contribution in [-0.2, 0) is 9.53 Å². The van der Waals surface area contributed by atoms with Gasteiger partial charge in [0.05, 0.1) is 19.1 Å². The molecular weight excluding hydrogens is 208 g/mol. The molecule has 0 aromatic carbocycles. The van der Waals surface area contributed by atoms with Crippen LogP contribution in [0.3, 0.4) is 0 Å². The lowest BCUT2D eigenvalue weighted by molar-refractivity contribution is -0.231. The van der Waals surface area contributed by atoms with Gasteiger partial charge in [-0.3, -0.25) is 4.79 Å². The first-order valence-electron chi connectivity index (χ1n) is 4.49. The Hall–Kier alpha value is -0.730. The molecule has 1 aliphatic rings. The molecule has 5 N–H and O–H groups in total. The summed E-state index contributed by atoms with van der Waals surface area (Å²) in [4.78, 5) is 10.4. The Labute approximate surface area is 85.5 Å². The molecule has 5 atom stereocenters. The summed E-state index contributed by atoms with van der Waals surface area (Å²) in [6.07, 6.45) is -7.11. The van der Waals surface area contributed by atoms with Gasteiger partial charge in [0.15, 0.2) is 0 Å². The molecule has 1 rings (SSSR count). The van der Waals surface area contributed by atoms with Crippen LogP contribution >= 0.6 is 0 Å². The fourth-order valence-corrected chi connectivity index (χ4v) is 1.52. The number of hydrogen-bond acceptors (Lipinski definition) is 6. The van der Waals surface area contributed by atoms with Crippen LogP contribution in [0.5, 0.6) is 0 Å². The Morgan fingerprint density at radius 1 is 1.07 bits per heavy atom. The lowest BCUT2D eigenvalue weighted by Gasteiger charge is -2.39. The predicted molar refractivity (Wildman–Crippen MR) is 46.0 cm³/mol. The minimum atomic E-state index is -1.51. The summed E-state index contributed by atoms with van der Waals surface area (Å²) in [6.45, 7) is -0.554. The molecule has 1 saturated heterocycles. The zero-order valence-electron chi connectivity index (χ0n) is 7.85. The van der Waals surface area contributed by atoms with E-state index in [1.807, 2.05) is 0 Å². The molecule has 0 spiro atoms. The normalized spacial score (nSPS) is 41.5. The third-order valence-electron chi connectivity index (χ3n) is 2.37. The lowest BCUT2D eigenvalue weighted by Crippen LogP contribution is -2.58. The summed E-state index contributed by atoms with van der Waals surface area (Å²) in [5, 5.41) is 45.3. The van der Waals surface area contributed by atoms with Crippen molar-refractivity contribution < 1.29 is 35.1 Å². The van der Waals surface area contributed by atoms with Gasteiger partial charge in [-0.25, -0.2) is 0 Å². The first-order valence-corrected chi connectivity index (χ1v) is 4.49. The van der Waals surface area contributed by atoms with E-state index >= 15 is 0 Å². The van der Waals surface area contributed by atoms with Crippen molar-refractivity contribution in [3.8, 4) is 0 Å². The number of carbonyl (C=O) groups is 1. The van der Waals surface area contributed by atoms with Crippen molar-refractivity contribution in [2.75, 3.05) is 6.61 Å². The average molecular weight is 222 g/mol. The molecule has 1 heterocycles. The van der Waals surface area contributed by atoms with E-state index in [4.69, 9.17) is 14.9 Å². The third kappa shape index (κ3) is 2.64. The molecule has 0 aromatic heterocycles.